The van der Waals surface area contributed by atoms with Crippen LogP contribution in [0.5, 0.6) is 0 Å². The van der Waals surface area contributed by atoms with Crippen LogP contribution in [0.15, 0.2) is 47.8 Å². The molecule has 0 unspecified atom stereocenters. The number of terminal acetylenes is 1. The molecule has 1 N–H and O–H groups in total. The normalized spacial score (nSPS) is 10.2. The molecule has 0 bridgehead atoms. The average molecular weight is 292 g/mol. The number of fused-ring (bicyclic) bond motifs is 1. The van der Waals surface area contributed by atoms with E-state index in [0.717, 1.165) is 16.3 Å². The summed E-state index contributed by atoms with van der Waals surface area (Å²) in [7, 11) is 0. The molecule has 3 rings (SSSR count). The molecule has 102 valence electrons. The molecule has 1 heterocycles. The first kappa shape index (κ1) is 13.3. The standard InChI is InChI=1S/C17H12N2OS/c1-2-16-19-15(11-21-16)17(20)18-10-13-8-5-7-12-6-3-4-9-14(12)13/h1,3-9,11H,10H2,(H,18,20). The van der Waals surface area contributed by atoms with E-state index in [1.807, 2.05) is 24.3 Å². The molecule has 1 amide bonds. The molecule has 1 aromatic heterocycles. The lowest BCUT2D eigenvalue weighted by atomic mass is 10.0. The van der Waals surface area contributed by atoms with E-state index in [2.05, 4.69) is 34.4 Å². The van der Waals surface area contributed by atoms with E-state index in [1.165, 1.54) is 11.3 Å². The van der Waals surface area contributed by atoms with Crippen LogP contribution in [0, 0.1) is 12.3 Å². The van der Waals surface area contributed by atoms with Crippen LogP contribution in [0.25, 0.3) is 10.8 Å². The van der Waals surface area contributed by atoms with E-state index in [0.29, 0.717) is 17.2 Å². The zero-order valence-corrected chi connectivity index (χ0v) is 12.0. The molecule has 4 heteroatoms. The van der Waals surface area contributed by atoms with Gasteiger partial charge in [0.05, 0.1) is 0 Å². The molecular formula is C17H12N2OS. The Morgan fingerprint density at radius 1 is 1.24 bits per heavy atom. The largest absolute Gasteiger partial charge is 0.347 e. The van der Waals surface area contributed by atoms with Crippen LogP contribution in [-0.2, 0) is 6.54 Å². The SMILES string of the molecule is C#Cc1nc(C(=O)NCc2cccc3ccccc23)cs1. The average Bonchev–Trinajstić information content (AvgIpc) is 3.01. The van der Waals surface area contributed by atoms with Gasteiger partial charge in [0.15, 0.2) is 5.01 Å². The van der Waals surface area contributed by atoms with E-state index in [1.54, 1.807) is 5.38 Å². The van der Waals surface area contributed by atoms with Crippen molar-refractivity contribution in [3.63, 3.8) is 0 Å². The Labute approximate surface area is 126 Å². The number of nitrogens with zero attached hydrogens (tertiary/aromatic N) is 1. The maximum Gasteiger partial charge on any atom is 0.271 e. The fourth-order valence-corrected chi connectivity index (χ4v) is 2.76. The van der Waals surface area contributed by atoms with Gasteiger partial charge in [-0.1, -0.05) is 42.5 Å². The van der Waals surface area contributed by atoms with Gasteiger partial charge in [-0.3, -0.25) is 4.79 Å². The number of hydrogen-bond donors (Lipinski definition) is 1. The zero-order valence-electron chi connectivity index (χ0n) is 11.2. The summed E-state index contributed by atoms with van der Waals surface area (Å²) >= 11 is 1.29. The first-order valence-electron chi connectivity index (χ1n) is 6.45. The molecule has 3 aromatic rings. The lowest BCUT2D eigenvalue weighted by molar-refractivity contribution is 0.0946. The van der Waals surface area contributed by atoms with Crippen molar-refractivity contribution >= 4 is 28.0 Å². The first-order chi connectivity index (χ1) is 10.3. The lowest BCUT2D eigenvalue weighted by Crippen LogP contribution is -2.23. The van der Waals surface area contributed by atoms with Gasteiger partial charge in [0.25, 0.3) is 5.91 Å². The number of nitrogens with one attached hydrogen (secondary N) is 1. The quantitative estimate of drug-likeness (QED) is 0.753. The number of amides is 1. The number of benzene rings is 2. The molecule has 0 aliphatic carbocycles. The van der Waals surface area contributed by atoms with Crippen LogP contribution in [0.1, 0.15) is 21.1 Å². The van der Waals surface area contributed by atoms with Gasteiger partial charge in [-0.05, 0) is 22.3 Å². The fourth-order valence-electron chi connectivity index (χ4n) is 2.16. The van der Waals surface area contributed by atoms with Gasteiger partial charge < -0.3 is 5.32 Å². The summed E-state index contributed by atoms with van der Waals surface area (Å²) in [4.78, 5) is 16.1. The third kappa shape index (κ3) is 2.78. The van der Waals surface area contributed by atoms with Crippen molar-refractivity contribution in [3.05, 3.63) is 64.1 Å². The van der Waals surface area contributed by atoms with Crippen LogP contribution in [0.3, 0.4) is 0 Å². The van der Waals surface area contributed by atoms with Crippen molar-refractivity contribution in [1.29, 1.82) is 0 Å². The van der Waals surface area contributed by atoms with Gasteiger partial charge in [-0.15, -0.1) is 17.8 Å². The summed E-state index contributed by atoms with van der Waals surface area (Å²) < 4.78 is 0. The maximum absolute atomic E-state index is 12.0. The van der Waals surface area contributed by atoms with Gasteiger partial charge in [0.2, 0.25) is 0 Å². The number of carbonyl (C=O) groups is 1. The number of hydrogen-bond acceptors (Lipinski definition) is 3. The van der Waals surface area contributed by atoms with Crippen molar-refractivity contribution in [2.75, 3.05) is 0 Å². The third-order valence-electron chi connectivity index (χ3n) is 3.18. The van der Waals surface area contributed by atoms with Crippen LogP contribution >= 0.6 is 11.3 Å². The highest BCUT2D eigenvalue weighted by Gasteiger charge is 2.10. The molecule has 0 fully saturated rings. The van der Waals surface area contributed by atoms with Crippen LogP contribution in [-0.4, -0.2) is 10.9 Å². The Bertz CT molecular complexity index is 840. The molecule has 21 heavy (non-hydrogen) atoms. The Balaban J connectivity index is 1.77. The Morgan fingerprint density at radius 2 is 2.05 bits per heavy atom. The molecule has 0 aliphatic heterocycles. The van der Waals surface area contributed by atoms with Crippen LogP contribution in [0.2, 0.25) is 0 Å². The van der Waals surface area contributed by atoms with Gasteiger partial charge in [0.1, 0.15) is 5.69 Å². The first-order valence-corrected chi connectivity index (χ1v) is 7.33. The van der Waals surface area contributed by atoms with Gasteiger partial charge in [-0.2, -0.15) is 0 Å². The van der Waals surface area contributed by atoms with E-state index < -0.39 is 0 Å². The van der Waals surface area contributed by atoms with Gasteiger partial charge in [-0.25, -0.2) is 4.98 Å². The van der Waals surface area contributed by atoms with E-state index in [4.69, 9.17) is 6.42 Å². The van der Waals surface area contributed by atoms with E-state index in [-0.39, 0.29) is 5.91 Å². The van der Waals surface area contributed by atoms with Gasteiger partial charge in [0, 0.05) is 11.9 Å². The van der Waals surface area contributed by atoms with Crippen molar-refractivity contribution < 1.29 is 4.79 Å². The molecule has 0 saturated heterocycles. The molecule has 0 saturated carbocycles. The zero-order chi connectivity index (χ0) is 14.7. The minimum atomic E-state index is -0.208. The monoisotopic (exact) mass is 292 g/mol. The highest BCUT2D eigenvalue weighted by atomic mass is 32.1. The summed E-state index contributed by atoms with van der Waals surface area (Å²) in [6.07, 6.45) is 5.26. The molecule has 0 atom stereocenters. The molecule has 0 radical (unpaired) electrons. The van der Waals surface area contributed by atoms with Crippen molar-refractivity contribution in [3.8, 4) is 12.3 Å². The Kier molecular flexibility index (Phi) is 3.67. The van der Waals surface area contributed by atoms with E-state index in [9.17, 15) is 4.79 Å². The summed E-state index contributed by atoms with van der Waals surface area (Å²) in [6, 6.07) is 14.2. The Hall–Kier alpha value is -2.64. The van der Waals surface area contributed by atoms with Crippen molar-refractivity contribution in [1.82, 2.24) is 10.3 Å². The second kappa shape index (κ2) is 5.78. The lowest BCUT2D eigenvalue weighted by Gasteiger charge is -2.07. The Morgan fingerprint density at radius 3 is 2.86 bits per heavy atom. The minimum absolute atomic E-state index is 0.208. The van der Waals surface area contributed by atoms with E-state index >= 15 is 0 Å². The third-order valence-corrected chi connectivity index (χ3v) is 3.95. The highest BCUT2D eigenvalue weighted by Crippen LogP contribution is 2.18. The second-order valence-corrected chi connectivity index (χ2v) is 5.36. The van der Waals surface area contributed by atoms with Crippen molar-refractivity contribution in [2.45, 2.75) is 6.54 Å². The molecule has 2 aromatic carbocycles. The van der Waals surface area contributed by atoms with Crippen molar-refractivity contribution in [2.24, 2.45) is 0 Å². The number of thiazole rings is 1. The summed E-state index contributed by atoms with van der Waals surface area (Å²) in [5.41, 5.74) is 1.45. The van der Waals surface area contributed by atoms with Gasteiger partial charge >= 0.3 is 0 Å². The number of aromatic nitrogens is 1. The molecule has 0 spiro atoms. The number of rotatable bonds is 3. The predicted octanol–water partition coefficient (Wildman–Crippen LogP) is 3.21. The summed E-state index contributed by atoms with van der Waals surface area (Å²) in [6.45, 7) is 0.461. The fraction of sp³-hybridized carbons (Fsp3) is 0.0588. The summed E-state index contributed by atoms with van der Waals surface area (Å²) in [5, 5.41) is 7.38. The topological polar surface area (TPSA) is 42.0 Å². The van der Waals surface area contributed by atoms with Crippen LogP contribution in [0.4, 0.5) is 0 Å². The van der Waals surface area contributed by atoms with Crippen LogP contribution < -0.4 is 5.32 Å². The second-order valence-electron chi connectivity index (χ2n) is 4.50. The maximum atomic E-state index is 12.0. The highest BCUT2D eigenvalue weighted by molar-refractivity contribution is 7.10. The number of carbonyl (C=O) groups excluding carboxylic acids is 1. The molecule has 3 nitrogen and oxygen atoms in total. The smallest absolute Gasteiger partial charge is 0.271 e. The molecule has 0 aliphatic rings. The predicted molar refractivity (Wildman–Crippen MR) is 85.2 cm³/mol. The summed E-state index contributed by atoms with van der Waals surface area (Å²) in [5.74, 6) is 2.22. The molecular weight excluding hydrogens is 280 g/mol. The minimum Gasteiger partial charge on any atom is -0.347 e.